The first-order chi connectivity index (χ1) is 13.7. The molecule has 2 aromatic rings. The molecule has 1 aromatic carbocycles. The second-order valence-corrected chi connectivity index (χ2v) is 8.56. The van der Waals surface area contributed by atoms with Crippen molar-refractivity contribution in [1.82, 2.24) is 10.1 Å². The predicted molar refractivity (Wildman–Crippen MR) is 104 cm³/mol. The maximum atomic E-state index is 12.2. The quantitative estimate of drug-likeness (QED) is 0.397. The van der Waals surface area contributed by atoms with E-state index in [0.29, 0.717) is 24.7 Å². The minimum absolute atomic E-state index is 0.106. The van der Waals surface area contributed by atoms with Crippen LogP contribution in [0.2, 0.25) is 0 Å². The molecule has 28 heavy (non-hydrogen) atoms. The van der Waals surface area contributed by atoms with Crippen LogP contribution in [-0.4, -0.2) is 22.5 Å². The number of allylic oxidation sites excluding steroid dienone is 3. The molecule has 1 atom stereocenters. The van der Waals surface area contributed by atoms with Gasteiger partial charge in [-0.15, -0.1) is 0 Å². The topological polar surface area (TPSA) is 65.2 Å². The Labute approximate surface area is 175 Å². The summed E-state index contributed by atoms with van der Waals surface area (Å²) in [7, 11) is 0. The van der Waals surface area contributed by atoms with Crippen LogP contribution in [0.1, 0.15) is 61.1 Å². The van der Waals surface area contributed by atoms with Gasteiger partial charge in [0.1, 0.15) is 0 Å². The van der Waals surface area contributed by atoms with Gasteiger partial charge in [-0.2, -0.15) is 0 Å². The zero-order valence-corrected chi connectivity index (χ0v) is 18.3. The van der Waals surface area contributed by atoms with Gasteiger partial charge in [-0.05, 0) is 0 Å². The van der Waals surface area contributed by atoms with Gasteiger partial charge in [-0.3, -0.25) is 0 Å². The molecule has 1 aromatic heterocycles. The van der Waals surface area contributed by atoms with Crippen molar-refractivity contribution in [3.8, 4) is 0 Å². The summed E-state index contributed by atoms with van der Waals surface area (Å²) >= 11 is -0.163. The fourth-order valence-electron chi connectivity index (χ4n) is 2.83. The number of rotatable bonds is 9. The van der Waals surface area contributed by atoms with Gasteiger partial charge in [0, 0.05) is 0 Å². The van der Waals surface area contributed by atoms with Gasteiger partial charge >= 0.3 is 146 Å². The summed E-state index contributed by atoms with van der Waals surface area (Å²) in [5.74, 6) is 2.34. The number of carbonyl (C=O) groups excluding carboxylic acids is 1. The van der Waals surface area contributed by atoms with Crippen LogP contribution >= 0.6 is 0 Å². The molecule has 3 rings (SSSR count). The van der Waals surface area contributed by atoms with Crippen molar-refractivity contribution in [1.29, 1.82) is 0 Å². The summed E-state index contributed by atoms with van der Waals surface area (Å²) in [6, 6.07) is 9.41. The summed E-state index contributed by atoms with van der Waals surface area (Å²) in [5.41, 5.74) is 1.67. The molecule has 0 saturated carbocycles. The van der Waals surface area contributed by atoms with Crippen molar-refractivity contribution in [2.75, 3.05) is 6.61 Å². The Hall–Kier alpha value is -2.22. The minimum atomic E-state index is -0.163. The van der Waals surface area contributed by atoms with Gasteiger partial charge in [0.2, 0.25) is 0 Å². The van der Waals surface area contributed by atoms with E-state index in [1.807, 2.05) is 49.4 Å². The molecule has 1 aliphatic heterocycles. The maximum absolute atomic E-state index is 12.2. The fourth-order valence-corrected chi connectivity index (χ4v) is 4.34. The third-order valence-corrected chi connectivity index (χ3v) is 6.10. The van der Waals surface area contributed by atoms with E-state index in [2.05, 4.69) is 25.2 Å². The summed E-state index contributed by atoms with van der Waals surface area (Å²) < 4.78 is 15.4. The van der Waals surface area contributed by atoms with Gasteiger partial charge < -0.3 is 0 Å². The van der Waals surface area contributed by atoms with Gasteiger partial charge in [0.25, 0.3) is 0 Å². The van der Waals surface area contributed by atoms with Gasteiger partial charge in [-0.25, -0.2) is 0 Å². The summed E-state index contributed by atoms with van der Waals surface area (Å²) in [5, 5.41) is 4.14. The molecule has 2 heterocycles. The molecule has 0 fully saturated rings. The average molecular weight is 491 g/mol. The van der Waals surface area contributed by atoms with Crippen molar-refractivity contribution >= 4 is 11.4 Å². The van der Waals surface area contributed by atoms with Crippen LogP contribution < -0.4 is 21.2 Å². The van der Waals surface area contributed by atoms with E-state index in [1.54, 1.807) is 0 Å². The number of benzene rings is 1. The Morgan fingerprint density at radius 1 is 1.29 bits per heavy atom. The molecule has 0 aliphatic carbocycles. The Balaban J connectivity index is 1.57. The second-order valence-electron chi connectivity index (χ2n) is 6.50. The molecule has 0 saturated heterocycles. The molecule has 0 radical (unpaired) electrons. The molecule has 148 valence electrons. The van der Waals surface area contributed by atoms with Gasteiger partial charge in [0.05, 0.1) is 0 Å². The van der Waals surface area contributed by atoms with E-state index in [9.17, 15) is 4.79 Å². The first-order valence-corrected chi connectivity index (χ1v) is 11.9. The van der Waals surface area contributed by atoms with Gasteiger partial charge in [-0.1, -0.05) is 30.3 Å². The summed E-state index contributed by atoms with van der Waals surface area (Å²) in [4.78, 5) is 16.8. The number of Topliss-reactive ketones (excluding diaryl/α,β-unsaturated/α-hetero) is 1. The van der Waals surface area contributed by atoms with Crippen LogP contribution in [0.25, 0.3) is 5.57 Å². The normalized spacial score (nSPS) is 15.1. The number of aromatic nitrogens is 2. The summed E-state index contributed by atoms with van der Waals surface area (Å²) in [6.45, 7) is 4.66. The molecule has 0 N–H and O–H groups in total. The van der Waals surface area contributed by atoms with Crippen molar-refractivity contribution in [2.45, 2.75) is 39.0 Å². The van der Waals surface area contributed by atoms with Crippen LogP contribution in [0.15, 0.2) is 60.9 Å². The van der Waals surface area contributed by atoms with Crippen molar-refractivity contribution in [3.05, 3.63) is 73.7 Å². The molecular formula is C22H24IN2O3-. The van der Waals surface area contributed by atoms with Crippen LogP contribution in [0.5, 0.6) is 0 Å². The number of hydrogen-bond acceptors (Lipinski definition) is 5. The molecule has 5 nitrogen and oxygen atoms in total. The molecule has 0 bridgehead atoms. The van der Waals surface area contributed by atoms with Crippen molar-refractivity contribution in [3.63, 3.8) is 0 Å². The van der Waals surface area contributed by atoms with Gasteiger partial charge in [0.15, 0.2) is 0 Å². The van der Waals surface area contributed by atoms with E-state index in [1.165, 1.54) is 0 Å². The van der Waals surface area contributed by atoms with E-state index in [0.717, 1.165) is 29.7 Å². The van der Waals surface area contributed by atoms with E-state index in [-0.39, 0.29) is 32.9 Å². The van der Waals surface area contributed by atoms with Crippen molar-refractivity contribution in [2.24, 2.45) is 0 Å². The Morgan fingerprint density at radius 2 is 2.11 bits per heavy atom. The monoisotopic (exact) mass is 491 g/mol. The third kappa shape index (κ3) is 5.64. The number of hydrogen-bond donors (Lipinski definition) is 0. The number of nitrogens with zero attached hydrogens (tertiary/aromatic N) is 2. The van der Waals surface area contributed by atoms with Crippen LogP contribution in [0.3, 0.4) is 0 Å². The summed E-state index contributed by atoms with van der Waals surface area (Å²) in [6.07, 6.45) is 6.13. The Bertz CT molecular complexity index is 884. The Kier molecular flexibility index (Phi) is 7.59. The SMILES string of the molecule is CCOC1=C[I-]C=CC(c2noc([C@H](C)CCCC(=O)c3ccccc3)n2)=C1. The molecule has 0 unspecified atom stereocenters. The zero-order chi connectivity index (χ0) is 19.8. The average Bonchev–Trinajstić information content (AvgIpc) is 3.10. The molecular weight excluding hydrogens is 467 g/mol. The van der Waals surface area contributed by atoms with E-state index in [4.69, 9.17) is 9.26 Å². The first kappa shape index (κ1) is 20.5. The van der Waals surface area contributed by atoms with Crippen LogP contribution in [0, 0.1) is 0 Å². The second kappa shape index (κ2) is 10.4. The van der Waals surface area contributed by atoms with Crippen molar-refractivity contribution < 1.29 is 35.3 Å². The Morgan fingerprint density at radius 3 is 2.89 bits per heavy atom. The molecule has 0 amide bonds. The van der Waals surface area contributed by atoms with E-state index >= 15 is 0 Å². The predicted octanol–water partition coefficient (Wildman–Crippen LogP) is 2.10. The molecule has 6 heteroatoms. The number of carbonyl (C=O) groups is 1. The molecule has 0 spiro atoms. The number of halogens is 1. The molecule has 1 aliphatic rings. The van der Waals surface area contributed by atoms with Crippen LogP contribution in [-0.2, 0) is 4.74 Å². The first-order valence-electron chi connectivity index (χ1n) is 9.42. The third-order valence-electron chi connectivity index (χ3n) is 4.35. The zero-order valence-electron chi connectivity index (χ0n) is 16.1. The fraction of sp³-hybridized carbons (Fsp3) is 0.318. The van der Waals surface area contributed by atoms with Crippen LogP contribution in [0.4, 0.5) is 0 Å². The standard InChI is InChI=1S/C22H24IN2O3/c1-3-27-19-14-18(12-13-23-15-19)21-24-22(28-25-21)16(2)8-7-11-20(26)17-9-5-4-6-10-17/h4-6,9-10,12-16H,3,7-8,11H2,1-2H3/q-1/t16-/m1/s1. The van der Waals surface area contributed by atoms with E-state index < -0.39 is 0 Å². The number of ether oxygens (including phenoxy) is 1. The number of ketones is 1.